The molecule has 80 valence electrons. The first-order valence-electron chi connectivity index (χ1n) is 4.50. The van der Waals surface area contributed by atoms with Crippen molar-refractivity contribution in [3.8, 4) is 0 Å². The van der Waals surface area contributed by atoms with Crippen LogP contribution < -0.4 is 5.32 Å². The SMILES string of the molecule is O=C1CO[C@@H](c2ccc(Br)c(Br)c2)CN1. The number of amides is 1. The van der Waals surface area contributed by atoms with Crippen molar-refractivity contribution >= 4 is 37.8 Å². The maximum absolute atomic E-state index is 10.9. The molecule has 0 spiro atoms. The minimum Gasteiger partial charge on any atom is -0.362 e. The molecule has 0 saturated carbocycles. The number of hydrogen-bond acceptors (Lipinski definition) is 2. The molecule has 1 atom stereocenters. The lowest BCUT2D eigenvalue weighted by Gasteiger charge is -2.23. The number of halogens is 2. The van der Waals surface area contributed by atoms with Gasteiger partial charge in [0.05, 0.1) is 0 Å². The number of ether oxygens (including phenoxy) is 1. The Hall–Kier alpha value is -0.390. The van der Waals surface area contributed by atoms with Gasteiger partial charge in [-0.1, -0.05) is 6.07 Å². The zero-order chi connectivity index (χ0) is 10.8. The summed E-state index contributed by atoms with van der Waals surface area (Å²) in [6, 6.07) is 5.93. The van der Waals surface area contributed by atoms with Gasteiger partial charge in [0.15, 0.2) is 0 Å². The smallest absolute Gasteiger partial charge is 0.246 e. The first kappa shape index (κ1) is 11.1. The fourth-order valence-corrected chi connectivity index (χ4v) is 2.06. The maximum atomic E-state index is 10.9. The molecule has 5 heteroatoms. The van der Waals surface area contributed by atoms with Crippen molar-refractivity contribution in [1.82, 2.24) is 5.32 Å². The number of carbonyl (C=O) groups excluding carboxylic acids is 1. The van der Waals surface area contributed by atoms with Gasteiger partial charge in [0.25, 0.3) is 0 Å². The van der Waals surface area contributed by atoms with Gasteiger partial charge in [0.1, 0.15) is 12.7 Å². The van der Waals surface area contributed by atoms with E-state index in [9.17, 15) is 4.79 Å². The van der Waals surface area contributed by atoms with E-state index < -0.39 is 0 Å². The Morgan fingerprint density at radius 3 is 2.73 bits per heavy atom. The van der Waals surface area contributed by atoms with Gasteiger partial charge in [0.2, 0.25) is 5.91 Å². The molecule has 3 nitrogen and oxygen atoms in total. The Balaban J connectivity index is 2.16. The van der Waals surface area contributed by atoms with Crippen molar-refractivity contribution in [3.05, 3.63) is 32.7 Å². The molecule has 1 amide bonds. The van der Waals surface area contributed by atoms with Crippen LogP contribution in [0.1, 0.15) is 11.7 Å². The van der Waals surface area contributed by atoms with E-state index in [1.54, 1.807) is 0 Å². The van der Waals surface area contributed by atoms with Crippen LogP contribution in [0, 0.1) is 0 Å². The highest BCUT2D eigenvalue weighted by molar-refractivity contribution is 9.13. The van der Waals surface area contributed by atoms with Crippen LogP contribution in [-0.4, -0.2) is 19.1 Å². The molecule has 1 aliphatic heterocycles. The third-order valence-electron chi connectivity index (χ3n) is 2.22. The summed E-state index contributed by atoms with van der Waals surface area (Å²) in [6.45, 7) is 0.672. The molecule has 1 fully saturated rings. The van der Waals surface area contributed by atoms with E-state index in [0.29, 0.717) is 6.54 Å². The van der Waals surface area contributed by atoms with Crippen LogP contribution in [0.4, 0.5) is 0 Å². The summed E-state index contributed by atoms with van der Waals surface area (Å²) < 4.78 is 7.42. The van der Waals surface area contributed by atoms with E-state index in [2.05, 4.69) is 37.2 Å². The lowest BCUT2D eigenvalue weighted by molar-refractivity contribution is -0.133. The van der Waals surface area contributed by atoms with Crippen molar-refractivity contribution in [3.63, 3.8) is 0 Å². The fraction of sp³-hybridized carbons (Fsp3) is 0.300. The van der Waals surface area contributed by atoms with E-state index in [1.165, 1.54) is 0 Å². The third kappa shape index (κ3) is 2.59. The van der Waals surface area contributed by atoms with Gasteiger partial charge in [-0.3, -0.25) is 4.79 Å². The first-order chi connectivity index (χ1) is 7.16. The zero-order valence-electron chi connectivity index (χ0n) is 7.80. The second-order valence-corrected chi connectivity index (χ2v) is 4.99. The summed E-state index contributed by atoms with van der Waals surface area (Å²) in [7, 11) is 0. The lowest BCUT2D eigenvalue weighted by Crippen LogP contribution is -2.38. The Morgan fingerprint density at radius 2 is 2.13 bits per heavy atom. The molecule has 0 radical (unpaired) electrons. The molecule has 1 N–H and O–H groups in total. The Morgan fingerprint density at radius 1 is 1.33 bits per heavy atom. The minimum absolute atomic E-state index is 0.0490. The van der Waals surface area contributed by atoms with Crippen LogP contribution in [0.5, 0.6) is 0 Å². The molecule has 1 saturated heterocycles. The molecule has 0 bridgehead atoms. The van der Waals surface area contributed by atoms with E-state index >= 15 is 0 Å². The Kier molecular flexibility index (Phi) is 3.43. The summed E-state index contributed by atoms with van der Waals surface area (Å²) in [4.78, 5) is 10.9. The normalized spacial score (nSPS) is 21.2. The molecule has 1 aromatic carbocycles. The van der Waals surface area contributed by atoms with Crippen LogP contribution in [0.15, 0.2) is 27.1 Å². The van der Waals surface area contributed by atoms with E-state index in [0.717, 1.165) is 14.5 Å². The minimum atomic E-state index is -0.0533. The van der Waals surface area contributed by atoms with Gasteiger partial charge < -0.3 is 10.1 Å². The summed E-state index contributed by atoms with van der Waals surface area (Å²) in [5.41, 5.74) is 1.06. The second-order valence-electron chi connectivity index (χ2n) is 3.28. The molecule has 1 aliphatic rings. The van der Waals surface area contributed by atoms with Gasteiger partial charge in [-0.2, -0.15) is 0 Å². The maximum Gasteiger partial charge on any atom is 0.246 e. The molecule has 0 aromatic heterocycles. The van der Waals surface area contributed by atoms with Crippen molar-refractivity contribution in [1.29, 1.82) is 0 Å². The summed E-state index contributed by atoms with van der Waals surface area (Å²) in [6.07, 6.45) is -0.0490. The largest absolute Gasteiger partial charge is 0.362 e. The topological polar surface area (TPSA) is 38.3 Å². The average Bonchev–Trinajstić information content (AvgIpc) is 2.23. The quantitative estimate of drug-likeness (QED) is 0.856. The Labute approximate surface area is 104 Å². The van der Waals surface area contributed by atoms with Crippen LogP contribution in [-0.2, 0) is 9.53 Å². The summed E-state index contributed by atoms with van der Waals surface area (Å²) in [5, 5.41) is 2.77. The molecule has 1 heterocycles. The number of rotatable bonds is 1. The van der Waals surface area contributed by atoms with Crippen molar-refractivity contribution < 1.29 is 9.53 Å². The molecule has 2 rings (SSSR count). The predicted octanol–water partition coefficient (Wildman–Crippen LogP) is 2.40. The van der Waals surface area contributed by atoms with Gasteiger partial charge in [-0.15, -0.1) is 0 Å². The second kappa shape index (κ2) is 4.63. The highest BCUT2D eigenvalue weighted by Gasteiger charge is 2.20. The Bertz CT molecular complexity index is 385. The number of morpholine rings is 1. The first-order valence-corrected chi connectivity index (χ1v) is 6.08. The number of nitrogens with one attached hydrogen (secondary N) is 1. The number of carbonyl (C=O) groups is 1. The van der Waals surface area contributed by atoms with Crippen LogP contribution in [0.3, 0.4) is 0 Å². The molecule has 1 aromatic rings. The summed E-state index contributed by atoms with van der Waals surface area (Å²) in [5.74, 6) is -0.0533. The molecular formula is C10H9Br2NO2. The lowest BCUT2D eigenvalue weighted by atomic mass is 10.1. The number of hydrogen-bond donors (Lipinski definition) is 1. The van der Waals surface area contributed by atoms with Gasteiger partial charge >= 0.3 is 0 Å². The van der Waals surface area contributed by atoms with Crippen LogP contribution in [0.2, 0.25) is 0 Å². The van der Waals surface area contributed by atoms with Crippen molar-refractivity contribution in [2.75, 3.05) is 13.2 Å². The van der Waals surface area contributed by atoms with Crippen LogP contribution >= 0.6 is 31.9 Å². The highest BCUT2D eigenvalue weighted by atomic mass is 79.9. The monoisotopic (exact) mass is 333 g/mol. The van der Waals surface area contributed by atoms with Gasteiger partial charge in [-0.25, -0.2) is 0 Å². The van der Waals surface area contributed by atoms with Crippen molar-refractivity contribution in [2.24, 2.45) is 0 Å². The van der Waals surface area contributed by atoms with Gasteiger partial charge in [-0.05, 0) is 49.6 Å². The van der Waals surface area contributed by atoms with Gasteiger partial charge in [0, 0.05) is 15.5 Å². The average molecular weight is 335 g/mol. The van der Waals surface area contributed by atoms with E-state index in [4.69, 9.17) is 4.74 Å². The molecule has 0 unspecified atom stereocenters. The standard InChI is InChI=1S/C10H9Br2NO2/c11-7-2-1-6(3-8(7)12)9-4-13-10(14)5-15-9/h1-3,9H,4-5H2,(H,13,14)/t9-/m1/s1. The fourth-order valence-electron chi connectivity index (χ4n) is 1.42. The van der Waals surface area contributed by atoms with E-state index in [-0.39, 0.29) is 18.6 Å². The highest BCUT2D eigenvalue weighted by Crippen LogP contribution is 2.28. The third-order valence-corrected chi connectivity index (χ3v) is 4.10. The molecular weight excluding hydrogens is 326 g/mol. The zero-order valence-corrected chi connectivity index (χ0v) is 11.0. The molecule has 0 aliphatic carbocycles. The van der Waals surface area contributed by atoms with E-state index in [1.807, 2.05) is 18.2 Å². The summed E-state index contributed by atoms with van der Waals surface area (Å²) >= 11 is 6.84. The van der Waals surface area contributed by atoms with Crippen molar-refractivity contribution in [2.45, 2.75) is 6.10 Å². The number of benzene rings is 1. The van der Waals surface area contributed by atoms with Crippen LogP contribution in [0.25, 0.3) is 0 Å². The predicted molar refractivity (Wildman–Crippen MR) is 63.5 cm³/mol. The molecule has 15 heavy (non-hydrogen) atoms.